The van der Waals surface area contributed by atoms with Crippen LogP contribution in [0.25, 0.3) is 21.8 Å². The van der Waals surface area contributed by atoms with Crippen LogP contribution in [-0.4, -0.2) is 19.7 Å². The van der Waals surface area contributed by atoms with Gasteiger partial charge in [-0.25, -0.2) is 0 Å². The summed E-state index contributed by atoms with van der Waals surface area (Å²) in [4.78, 5) is 14.4. The molecule has 2 aromatic carbocycles. The maximum Gasteiger partial charge on any atom is 0.264 e. The van der Waals surface area contributed by atoms with Gasteiger partial charge in [0.2, 0.25) is 0 Å². The van der Waals surface area contributed by atoms with Gasteiger partial charge in [-0.2, -0.15) is 0 Å². The summed E-state index contributed by atoms with van der Waals surface area (Å²) in [6, 6.07) is 15.2. The van der Waals surface area contributed by atoms with Crippen molar-refractivity contribution in [3.63, 3.8) is 0 Å². The van der Waals surface area contributed by atoms with Crippen molar-refractivity contribution in [3.8, 4) is 0 Å². The number of rotatable bonds is 4. The molecule has 4 aromatic rings. The molecule has 1 fully saturated rings. The van der Waals surface area contributed by atoms with Gasteiger partial charge in [-0.15, -0.1) is 0 Å². The minimum atomic E-state index is -1.04. The lowest BCUT2D eigenvalue weighted by molar-refractivity contribution is 0.286. The second-order valence-electron chi connectivity index (χ2n) is 8.28. The van der Waals surface area contributed by atoms with Gasteiger partial charge in [0, 0.05) is 22.1 Å². The summed E-state index contributed by atoms with van der Waals surface area (Å²) in [5, 5.41) is 5.94. The zero-order valence-electron chi connectivity index (χ0n) is 17.2. The standard InChI is InChI=1S/C24H23ClN2O3S/c1-15-21-23(26-30-15)22-19(25)11-6-12-20(22)27(24(21)28)17-8-5-7-16(13-17)14-31(29)18-9-3-2-4-10-18/h2-4,6,9-12,16-17H,5,7-8,13-14H2,1H3. The Hall–Kier alpha value is -2.44. The predicted molar refractivity (Wildman–Crippen MR) is 124 cm³/mol. The molecule has 1 aliphatic rings. The van der Waals surface area contributed by atoms with E-state index in [2.05, 4.69) is 5.16 Å². The van der Waals surface area contributed by atoms with Crippen LogP contribution < -0.4 is 5.56 Å². The van der Waals surface area contributed by atoms with Crippen LogP contribution in [0.15, 0.2) is 62.7 Å². The van der Waals surface area contributed by atoms with Crippen molar-refractivity contribution in [1.29, 1.82) is 0 Å². The highest BCUT2D eigenvalue weighted by Gasteiger charge is 2.29. The zero-order chi connectivity index (χ0) is 21.5. The van der Waals surface area contributed by atoms with E-state index >= 15 is 0 Å². The van der Waals surface area contributed by atoms with Crippen LogP contribution in [0.2, 0.25) is 5.02 Å². The molecule has 0 bridgehead atoms. The van der Waals surface area contributed by atoms with Crippen LogP contribution in [0.3, 0.4) is 0 Å². The lowest BCUT2D eigenvalue weighted by atomic mass is 9.86. The van der Waals surface area contributed by atoms with Crippen LogP contribution in [0, 0.1) is 12.8 Å². The molecular weight excluding hydrogens is 432 g/mol. The minimum Gasteiger partial charge on any atom is -0.360 e. The average molecular weight is 455 g/mol. The summed E-state index contributed by atoms with van der Waals surface area (Å²) in [6.07, 6.45) is 3.75. The van der Waals surface area contributed by atoms with Crippen molar-refractivity contribution < 1.29 is 8.73 Å². The van der Waals surface area contributed by atoms with Gasteiger partial charge in [0.1, 0.15) is 16.7 Å². The van der Waals surface area contributed by atoms with E-state index in [1.54, 1.807) is 6.92 Å². The molecule has 5 rings (SSSR count). The number of aromatic nitrogens is 2. The lowest BCUT2D eigenvalue weighted by Gasteiger charge is -2.31. The van der Waals surface area contributed by atoms with E-state index in [0.717, 1.165) is 41.5 Å². The van der Waals surface area contributed by atoms with Crippen LogP contribution in [0.4, 0.5) is 0 Å². The summed E-state index contributed by atoms with van der Waals surface area (Å²) in [5.74, 6) is 1.41. The van der Waals surface area contributed by atoms with E-state index < -0.39 is 10.8 Å². The first-order valence-electron chi connectivity index (χ1n) is 10.6. The predicted octanol–water partition coefficient (Wildman–Crippen LogP) is 5.64. The largest absolute Gasteiger partial charge is 0.360 e. The Morgan fingerprint density at radius 3 is 2.74 bits per heavy atom. The summed E-state index contributed by atoms with van der Waals surface area (Å²) < 4.78 is 20.1. The molecule has 0 radical (unpaired) electrons. The molecule has 0 spiro atoms. The van der Waals surface area contributed by atoms with Gasteiger partial charge < -0.3 is 9.09 Å². The number of hydrogen-bond acceptors (Lipinski definition) is 4. The first-order valence-corrected chi connectivity index (χ1v) is 12.3. The number of pyridine rings is 1. The molecule has 3 unspecified atom stereocenters. The van der Waals surface area contributed by atoms with E-state index in [1.165, 1.54) is 0 Å². The molecule has 2 aromatic heterocycles. The topological polar surface area (TPSA) is 65.1 Å². The smallest absolute Gasteiger partial charge is 0.264 e. The number of halogens is 1. The highest BCUT2D eigenvalue weighted by molar-refractivity contribution is 7.85. The first kappa shape index (κ1) is 20.5. The van der Waals surface area contributed by atoms with Gasteiger partial charge in [0.05, 0.1) is 21.3 Å². The Balaban J connectivity index is 1.55. The van der Waals surface area contributed by atoms with Gasteiger partial charge in [-0.05, 0) is 56.4 Å². The molecule has 0 saturated heterocycles. The third-order valence-electron chi connectivity index (χ3n) is 6.30. The Morgan fingerprint density at radius 2 is 1.94 bits per heavy atom. The quantitative estimate of drug-likeness (QED) is 0.400. The normalized spacial score (nSPS) is 20.3. The molecule has 160 valence electrons. The molecule has 0 amide bonds. The second kappa shape index (κ2) is 8.24. The van der Waals surface area contributed by atoms with E-state index in [9.17, 15) is 9.00 Å². The van der Waals surface area contributed by atoms with Crippen molar-refractivity contribution in [1.82, 2.24) is 9.72 Å². The van der Waals surface area contributed by atoms with Crippen LogP contribution in [-0.2, 0) is 10.8 Å². The highest BCUT2D eigenvalue weighted by Crippen LogP contribution is 2.37. The maximum atomic E-state index is 13.5. The summed E-state index contributed by atoms with van der Waals surface area (Å²) in [7, 11) is -1.04. The van der Waals surface area contributed by atoms with Crippen molar-refractivity contribution >= 4 is 44.2 Å². The van der Waals surface area contributed by atoms with E-state index in [-0.39, 0.29) is 11.6 Å². The lowest BCUT2D eigenvalue weighted by Crippen LogP contribution is -2.30. The third-order valence-corrected chi connectivity index (χ3v) is 8.18. The third kappa shape index (κ3) is 3.62. The number of benzene rings is 2. The van der Waals surface area contributed by atoms with Crippen molar-refractivity contribution in [3.05, 3.63) is 69.7 Å². The summed E-state index contributed by atoms with van der Waals surface area (Å²) in [6.45, 7) is 1.76. The second-order valence-corrected chi connectivity index (χ2v) is 10.2. The molecule has 31 heavy (non-hydrogen) atoms. The van der Waals surface area contributed by atoms with Crippen LogP contribution in [0.1, 0.15) is 37.5 Å². The highest BCUT2D eigenvalue weighted by atomic mass is 35.5. The fraction of sp³-hybridized carbons (Fsp3) is 0.333. The molecule has 7 heteroatoms. The van der Waals surface area contributed by atoms with Gasteiger partial charge in [0.15, 0.2) is 0 Å². The Kier molecular flexibility index (Phi) is 5.44. The number of aryl methyl sites for hydroxylation is 1. The first-order chi connectivity index (χ1) is 15.0. The van der Waals surface area contributed by atoms with Crippen LogP contribution >= 0.6 is 11.6 Å². The van der Waals surface area contributed by atoms with E-state index in [0.29, 0.717) is 33.4 Å². The SMILES string of the molecule is Cc1onc2c1c(=O)n(C1CCCC(CS(=O)c3ccccc3)C1)c1cccc(Cl)c21. The fourth-order valence-electron chi connectivity index (χ4n) is 4.87. The molecule has 0 aliphatic heterocycles. The zero-order valence-corrected chi connectivity index (χ0v) is 18.8. The Bertz CT molecular complexity index is 1350. The van der Waals surface area contributed by atoms with E-state index in [4.69, 9.17) is 16.1 Å². The van der Waals surface area contributed by atoms with Crippen LogP contribution in [0.5, 0.6) is 0 Å². The Morgan fingerprint density at radius 1 is 1.13 bits per heavy atom. The van der Waals surface area contributed by atoms with Gasteiger partial charge in [-0.1, -0.05) is 47.4 Å². The van der Waals surface area contributed by atoms with E-state index in [1.807, 2.05) is 53.1 Å². The molecule has 1 saturated carbocycles. The monoisotopic (exact) mass is 454 g/mol. The molecule has 5 nitrogen and oxygen atoms in total. The maximum absolute atomic E-state index is 13.5. The minimum absolute atomic E-state index is 0.0266. The average Bonchev–Trinajstić information content (AvgIpc) is 3.16. The van der Waals surface area contributed by atoms with Gasteiger partial charge >= 0.3 is 0 Å². The van der Waals surface area contributed by atoms with Gasteiger partial charge in [0.25, 0.3) is 5.56 Å². The van der Waals surface area contributed by atoms with Crippen molar-refractivity contribution in [2.75, 3.05) is 5.75 Å². The van der Waals surface area contributed by atoms with Crippen molar-refractivity contribution in [2.45, 2.75) is 43.5 Å². The number of hydrogen-bond donors (Lipinski definition) is 0. The summed E-state index contributed by atoms with van der Waals surface area (Å²) >= 11 is 6.54. The molecule has 2 heterocycles. The fourth-order valence-corrected chi connectivity index (χ4v) is 6.51. The number of nitrogens with zero attached hydrogens (tertiary/aromatic N) is 2. The molecule has 1 aliphatic carbocycles. The molecule has 0 N–H and O–H groups in total. The molecular formula is C24H23ClN2O3S. The summed E-state index contributed by atoms with van der Waals surface area (Å²) in [5.41, 5.74) is 1.23. The Labute approximate surface area is 187 Å². The number of fused-ring (bicyclic) bond motifs is 3. The molecule has 3 atom stereocenters. The van der Waals surface area contributed by atoms with Gasteiger partial charge in [-0.3, -0.25) is 9.00 Å². The van der Waals surface area contributed by atoms with Crippen molar-refractivity contribution in [2.24, 2.45) is 5.92 Å².